The summed E-state index contributed by atoms with van der Waals surface area (Å²) >= 11 is 11.6. The minimum absolute atomic E-state index is 0.0436. The van der Waals surface area contributed by atoms with E-state index < -0.39 is 5.82 Å². The van der Waals surface area contributed by atoms with Gasteiger partial charge in [0.1, 0.15) is 5.82 Å². The van der Waals surface area contributed by atoms with E-state index in [-0.39, 0.29) is 10.9 Å². The molecule has 0 saturated carbocycles. The molecule has 0 bridgehead atoms. The van der Waals surface area contributed by atoms with Crippen LogP contribution in [0, 0.1) is 5.82 Å². The first-order valence-electron chi connectivity index (χ1n) is 5.75. The van der Waals surface area contributed by atoms with Gasteiger partial charge in [0.2, 0.25) is 5.91 Å². The van der Waals surface area contributed by atoms with Crippen LogP contribution in [0.15, 0.2) is 48.5 Å². The molecular weight excluding hydrogens is 300 g/mol. The van der Waals surface area contributed by atoms with E-state index in [0.29, 0.717) is 10.7 Å². The van der Waals surface area contributed by atoms with Crippen molar-refractivity contribution in [1.29, 1.82) is 0 Å². The molecule has 2 rings (SSSR count). The molecule has 5 heteroatoms. The Labute approximate surface area is 125 Å². The Balaban J connectivity index is 2.06. The zero-order chi connectivity index (χ0) is 14.5. The first kappa shape index (κ1) is 14.6. The molecule has 0 unspecified atom stereocenters. The average molecular weight is 310 g/mol. The number of hydrogen-bond donors (Lipinski definition) is 1. The van der Waals surface area contributed by atoms with Crippen molar-refractivity contribution < 1.29 is 9.18 Å². The number of nitrogens with one attached hydrogen (secondary N) is 1. The van der Waals surface area contributed by atoms with E-state index in [0.717, 1.165) is 5.56 Å². The van der Waals surface area contributed by atoms with Gasteiger partial charge < -0.3 is 5.32 Å². The van der Waals surface area contributed by atoms with Crippen molar-refractivity contribution in [3.8, 4) is 0 Å². The fourth-order valence-corrected chi connectivity index (χ4v) is 1.91. The summed E-state index contributed by atoms with van der Waals surface area (Å²) in [5, 5.41) is 3.09. The number of anilines is 1. The summed E-state index contributed by atoms with van der Waals surface area (Å²) in [5.41, 5.74) is 1.16. The van der Waals surface area contributed by atoms with Crippen molar-refractivity contribution in [3.63, 3.8) is 0 Å². The zero-order valence-corrected chi connectivity index (χ0v) is 11.8. The SMILES string of the molecule is O=C(C=Cc1ccccc1Cl)Nc1ccc(F)c(Cl)c1. The highest BCUT2D eigenvalue weighted by Crippen LogP contribution is 2.20. The van der Waals surface area contributed by atoms with E-state index in [1.807, 2.05) is 6.07 Å². The van der Waals surface area contributed by atoms with Crippen LogP contribution in [0.25, 0.3) is 6.08 Å². The molecular formula is C15H10Cl2FNO. The Morgan fingerprint density at radius 1 is 1.10 bits per heavy atom. The van der Waals surface area contributed by atoms with Crippen LogP contribution in [0.1, 0.15) is 5.56 Å². The van der Waals surface area contributed by atoms with Crippen molar-refractivity contribution in [2.45, 2.75) is 0 Å². The van der Waals surface area contributed by atoms with Gasteiger partial charge in [-0.2, -0.15) is 0 Å². The minimum atomic E-state index is -0.531. The number of hydrogen-bond acceptors (Lipinski definition) is 1. The highest BCUT2D eigenvalue weighted by Gasteiger charge is 2.03. The van der Waals surface area contributed by atoms with E-state index >= 15 is 0 Å². The van der Waals surface area contributed by atoms with Crippen molar-refractivity contribution in [1.82, 2.24) is 0 Å². The van der Waals surface area contributed by atoms with Gasteiger partial charge in [0.15, 0.2) is 0 Å². The molecule has 2 aromatic rings. The van der Waals surface area contributed by atoms with Gasteiger partial charge in [-0.1, -0.05) is 41.4 Å². The van der Waals surface area contributed by atoms with Gasteiger partial charge in [-0.3, -0.25) is 4.79 Å². The highest BCUT2D eigenvalue weighted by atomic mass is 35.5. The normalized spacial score (nSPS) is 10.8. The molecule has 0 radical (unpaired) electrons. The van der Waals surface area contributed by atoms with E-state index in [4.69, 9.17) is 23.2 Å². The van der Waals surface area contributed by atoms with Crippen LogP contribution in [-0.4, -0.2) is 5.91 Å². The Kier molecular flexibility index (Phi) is 4.77. The van der Waals surface area contributed by atoms with Gasteiger partial charge >= 0.3 is 0 Å². The Morgan fingerprint density at radius 3 is 2.55 bits per heavy atom. The quantitative estimate of drug-likeness (QED) is 0.812. The third-order valence-corrected chi connectivity index (χ3v) is 3.14. The highest BCUT2D eigenvalue weighted by molar-refractivity contribution is 6.32. The standard InChI is InChI=1S/C15H10Cl2FNO/c16-12-4-2-1-3-10(12)5-8-15(20)19-11-6-7-14(18)13(17)9-11/h1-9H,(H,19,20). The fraction of sp³-hybridized carbons (Fsp3) is 0. The predicted octanol–water partition coefficient (Wildman–Crippen LogP) is 4.78. The largest absolute Gasteiger partial charge is 0.322 e. The summed E-state index contributed by atoms with van der Waals surface area (Å²) in [6, 6.07) is 11.1. The maximum absolute atomic E-state index is 13.0. The number of rotatable bonds is 3. The second-order valence-electron chi connectivity index (χ2n) is 3.97. The number of carbonyl (C=O) groups is 1. The molecule has 20 heavy (non-hydrogen) atoms. The lowest BCUT2D eigenvalue weighted by Crippen LogP contribution is -2.07. The minimum Gasteiger partial charge on any atom is -0.322 e. The van der Waals surface area contributed by atoms with Crippen molar-refractivity contribution >= 4 is 40.9 Å². The molecule has 0 spiro atoms. The molecule has 0 heterocycles. The second-order valence-corrected chi connectivity index (χ2v) is 4.79. The smallest absolute Gasteiger partial charge is 0.248 e. The lowest BCUT2D eigenvalue weighted by Gasteiger charge is -2.03. The van der Waals surface area contributed by atoms with Gasteiger partial charge in [-0.25, -0.2) is 4.39 Å². The number of halogens is 3. The summed E-state index contributed by atoms with van der Waals surface area (Å²) in [7, 11) is 0. The molecule has 0 saturated heterocycles. The average Bonchev–Trinajstić information content (AvgIpc) is 2.42. The molecule has 0 aliphatic carbocycles. The topological polar surface area (TPSA) is 29.1 Å². The molecule has 0 atom stereocenters. The Morgan fingerprint density at radius 2 is 1.85 bits per heavy atom. The molecule has 1 N–H and O–H groups in total. The van der Waals surface area contributed by atoms with Crippen LogP contribution in [0.3, 0.4) is 0 Å². The number of carbonyl (C=O) groups excluding carboxylic acids is 1. The third-order valence-electron chi connectivity index (χ3n) is 2.51. The molecule has 0 fully saturated rings. The van der Waals surface area contributed by atoms with E-state index in [1.54, 1.807) is 24.3 Å². The van der Waals surface area contributed by atoms with Gasteiger partial charge in [-0.15, -0.1) is 0 Å². The second kappa shape index (κ2) is 6.55. The van der Waals surface area contributed by atoms with Crippen molar-refractivity contribution in [2.75, 3.05) is 5.32 Å². The van der Waals surface area contributed by atoms with Crippen molar-refractivity contribution in [2.24, 2.45) is 0 Å². The van der Waals surface area contributed by atoms with Crippen LogP contribution >= 0.6 is 23.2 Å². The van der Waals surface area contributed by atoms with Gasteiger partial charge in [0.05, 0.1) is 5.02 Å². The summed E-state index contributed by atoms with van der Waals surface area (Å²) < 4.78 is 13.0. The lowest BCUT2D eigenvalue weighted by atomic mass is 10.2. The van der Waals surface area contributed by atoms with Crippen LogP contribution in [0.4, 0.5) is 10.1 Å². The summed E-state index contributed by atoms with van der Waals surface area (Å²) in [5.74, 6) is -0.885. The van der Waals surface area contributed by atoms with Crippen LogP contribution in [-0.2, 0) is 4.79 Å². The van der Waals surface area contributed by atoms with Crippen molar-refractivity contribution in [3.05, 3.63) is 70.0 Å². The van der Waals surface area contributed by atoms with Gasteiger partial charge in [0.25, 0.3) is 0 Å². The molecule has 0 aliphatic rings. The molecule has 2 nitrogen and oxygen atoms in total. The number of benzene rings is 2. The van der Waals surface area contributed by atoms with Gasteiger partial charge in [-0.05, 0) is 35.9 Å². The molecule has 102 valence electrons. The van der Waals surface area contributed by atoms with E-state index in [2.05, 4.69) is 5.32 Å². The Hall–Kier alpha value is -1.84. The first-order chi connectivity index (χ1) is 9.56. The zero-order valence-electron chi connectivity index (χ0n) is 10.2. The predicted molar refractivity (Wildman–Crippen MR) is 80.5 cm³/mol. The van der Waals surface area contributed by atoms with E-state index in [9.17, 15) is 9.18 Å². The fourth-order valence-electron chi connectivity index (χ4n) is 1.53. The molecule has 0 aliphatic heterocycles. The van der Waals surface area contributed by atoms with Crippen LogP contribution < -0.4 is 5.32 Å². The molecule has 1 amide bonds. The third kappa shape index (κ3) is 3.83. The van der Waals surface area contributed by atoms with Crippen LogP contribution in [0.2, 0.25) is 10.0 Å². The molecule has 2 aromatic carbocycles. The summed E-state index contributed by atoms with van der Waals surface area (Å²) in [6.07, 6.45) is 2.95. The summed E-state index contributed by atoms with van der Waals surface area (Å²) in [6.45, 7) is 0. The maximum Gasteiger partial charge on any atom is 0.248 e. The first-order valence-corrected chi connectivity index (χ1v) is 6.50. The Bertz CT molecular complexity index is 671. The maximum atomic E-state index is 13.0. The van der Waals surface area contributed by atoms with Crippen LogP contribution in [0.5, 0.6) is 0 Å². The van der Waals surface area contributed by atoms with Gasteiger partial charge in [0, 0.05) is 16.8 Å². The molecule has 0 aromatic heterocycles. The lowest BCUT2D eigenvalue weighted by molar-refractivity contribution is -0.111. The van der Waals surface area contributed by atoms with E-state index in [1.165, 1.54) is 24.3 Å². The number of amides is 1. The monoisotopic (exact) mass is 309 g/mol. The summed E-state index contributed by atoms with van der Waals surface area (Å²) in [4.78, 5) is 11.7.